The van der Waals surface area contributed by atoms with E-state index in [1.807, 2.05) is 4.90 Å². The van der Waals surface area contributed by atoms with Gasteiger partial charge in [0.05, 0.1) is 5.92 Å². The molecule has 0 aromatic heterocycles. The summed E-state index contributed by atoms with van der Waals surface area (Å²) in [6.07, 6.45) is 8.94. The number of aliphatic carboxylic acids is 1. The summed E-state index contributed by atoms with van der Waals surface area (Å²) >= 11 is 0. The zero-order chi connectivity index (χ0) is 13.7. The first-order valence-electron chi connectivity index (χ1n) is 7.70. The van der Waals surface area contributed by atoms with E-state index in [9.17, 15) is 9.59 Å². The van der Waals surface area contributed by atoms with Gasteiger partial charge in [-0.1, -0.05) is 25.7 Å². The number of likely N-dealkylation sites (tertiary alicyclic amines) is 1. The molecule has 0 aromatic carbocycles. The summed E-state index contributed by atoms with van der Waals surface area (Å²) in [5.74, 6) is -0.871. The van der Waals surface area contributed by atoms with Gasteiger partial charge in [-0.3, -0.25) is 9.59 Å². The Labute approximate surface area is 115 Å². The molecular formula is C15H25NO3. The average molecular weight is 267 g/mol. The molecule has 1 aliphatic carbocycles. The molecule has 2 fully saturated rings. The lowest BCUT2D eigenvalue weighted by Gasteiger charge is -2.32. The Hall–Kier alpha value is -1.06. The van der Waals surface area contributed by atoms with Crippen LogP contribution in [0.1, 0.15) is 57.8 Å². The quantitative estimate of drug-likeness (QED) is 0.836. The molecule has 1 N–H and O–H groups in total. The molecule has 2 atom stereocenters. The molecule has 19 heavy (non-hydrogen) atoms. The SMILES string of the molecule is O=C(O)C1CCCC(C(=O)N2CCCCCCC2)C1. The second-order valence-electron chi connectivity index (χ2n) is 5.99. The van der Waals surface area contributed by atoms with E-state index >= 15 is 0 Å². The molecular weight excluding hydrogens is 242 g/mol. The summed E-state index contributed by atoms with van der Waals surface area (Å²) in [7, 11) is 0. The highest BCUT2D eigenvalue weighted by molar-refractivity contribution is 5.80. The van der Waals surface area contributed by atoms with E-state index < -0.39 is 5.97 Å². The number of amides is 1. The van der Waals surface area contributed by atoms with Gasteiger partial charge in [-0.25, -0.2) is 0 Å². The first-order chi connectivity index (χ1) is 9.18. The van der Waals surface area contributed by atoms with Crippen LogP contribution in [0, 0.1) is 11.8 Å². The van der Waals surface area contributed by atoms with Crippen molar-refractivity contribution in [3.05, 3.63) is 0 Å². The summed E-state index contributed by atoms with van der Waals surface area (Å²) < 4.78 is 0. The molecule has 1 saturated heterocycles. The third-order valence-corrected chi connectivity index (χ3v) is 4.54. The molecule has 1 saturated carbocycles. The molecule has 0 bridgehead atoms. The predicted molar refractivity (Wildman–Crippen MR) is 72.7 cm³/mol. The van der Waals surface area contributed by atoms with E-state index in [1.54, 1.807) is 0 Å². The number of hydrogen-bond acceptors (Lipinski definition) is 2. The molecule has 0 aromatic rings. The second-order valence-corrected chi connectivity index (χ2v) is 5.99. The van der Waals surface area contributed by atoms with Gasteiger partial charge in [-0.15, -0.1) is 0 Å². The minimum Gasteiger partial charge on any atom is -0.481 e. The Morgan fingerprint density at radius 2 is 1.42 bits per heavy atom. The van der Waals surface area contributed by atoms with Gasteiger partial charge in [0.2, 0.25) is 5.91 Å². The number of carbonyl (C=O) groups excluding carboxylic acids is 1. The Bertz CT molecular complexity index is 321. The maximum absolute atomic E-state index is 12.5. The number of nitrogens with zero attached hydrogens (tertiary/aromatic N) is 1. The van der Waals surface area contributed by atoms with E-state index in [2.05, 4.69) is 0 Å². The van der Waals surface area contributed by atoms with Gasteiger partial charge in [0.25, 0.3) is 0 Å². The molecule has 1 aliphatic heterocycles. The van der Waals surface area contributed by atoms with Crippen LogP contribution < -0.4 is 0 Å². The maximum atomic E-state index is 12.5. The molecule has 1 heterocycles. The van der Waals surface area contributed by atoms with Crippen molar-refractivity contribution in [2.75, 3.05) is 13.1 Å². The highest BCUT2D eigenvalue weighted by atomic mass is 16.4. The van der Waals surface area contributed by atoms with Crippen LogP contribution in [0.25, 0.3) is 0 Å². The van der Waals surface area contributed by atoms with Crippen LogP contribution in [0.3, 0.4) is 0 Å². The van der Waals surface area contributed by atoms with Crippen LogP contribution in [0.15, 0.2) is 0 Å². The number of rotatable bonds is 2. The molecule has 2 aliphatic rings. The lowest BCUT2D eigenvalue weighted by molar-refractivity contribution is -0.145. The van der Waals surface area contributed by atoms with Crippen LogP contribution in [0.5, 0.6) is 0 Å². The van der Waals surface area contributed by atoms with Crippen LogP contribution in [-0.4, -0.2) is 35.0 Å². The molecule has 0 spiro atoms. The van der Waals surface area contributed by atoms with Gasteiger partial charge in [0, 0.05) is 19.0 Å². The summed E-state index contributed by atoms with van der Waals surface area (Å²) in [4.78, 5) is 25.6. The minimum absolute atomic E-state index is 0.0470. The maximum Gasteiger partial charge on any atom is 0.306 e. The fraction of sp³-hybridized carbons (Fsp3) is 0.867. The lowest BCUT2D eigenvalue weighted by Crippen LogP contribution is -2.40. The van der Waals surface area contributed by atoms with Crippen molar-refractivity contribution in [2.24, 2.45) is 11.8 Å². The zero-order valence-corrected chi connectivity index (χ0v) is 11.6. The van der Waals surface area contributed by atoms with E-state index in [4.69, 9.17) is 5.11 Å². The molecule has 0 radical (unpaired) electrons. The summed E-state index contributed by atoms with van der Waals surface area (Å²) in [6, 6.07) is 0. The number of carboxylic acids is 1. The van der Waals surface area contributed by atoms with Crippen LogP contribution in [0.2, 0.25) is 0 Å². The van der Waals surface area contributed by atoms with E-state index in [1.165, 1.54) is 19.3 Å². The monoisotopic (exact) mass is 267 g/mol. The van der Waals surface area contributed by atoms with Crippen molar-refractivity contribution in [2.45, 2.75) is 57.8 Å². The van der Waals surface area contributed by atoms with E-state index in [0.29, 0.717) is 6.42 Å². The first-order valence-corrected chi connectivity index (χ1v) is 7.70. The van der Waals surface area contributed by atoms with Crippen molar-refractivity contribution in [3.8, 4) is 0 Å². The van der Waals surface area contributed by atoms with Crippen molar-refractivity contribution in [1.82, 2.24) is 4.90 Å². The van der Waals surface area contributed by atoms with Crippen LogP contribution in [-0.2, 0) is 9.59 Å². The van der Waals surface area contributed by atoms with Crippen molar-refractivity contribution in [3.63, 3.8) is 0 Å². The summed E-state index contributed by atoms with van der Waals surface area (Å²) in [5.41, 5.74) is 0. The number of carbonyl (C=O) groups is 2. The van der Waals surface area contributed by atoms with Crippen molar-refractivity contribution < 1.29 is 14.7 Å². The summed E-state index contributed by atoms with van der Waals surface area (Å²) in [6.45, 7) is 1.74. The number of hydrogen-bond donors (Lipinski definition) is 1. The van der Waals surface area contributed by atoms with Crippen molar-refractivity contribution in [1.29, 1.82) is 0 Å². The summed E-state index contributed by atoms with van der Waals surface area (Å²) in [5, 5.41) is 9.11. The number of carboxylic acid groups (broad SMARTS) is 1. The normalized spacial score (nSPS) is 29.4. The molecule has 2 rings (SSSR count). The topological polar surface area (TPSA) is 57.6 Å². The van der Waals surface area contributed by atoms with Crippen molar-refractivity contribution >= 4 is 11.9 Å². The van der Waals surface area contributed by atoms with Crippen LogP contribution >= 0.6 is 0 Å². The fourth-order valence-electron chi connectivity index (χ4n) is 3.36. The van der Waals surface area contributed by atoms with E-state index in [-0.39, 0.29) is 17.7 Å². The van der Waals surface area contributed by atoms with E-state index in [0.717, 1.165) is 45.2 Å². The predicted octanol–water partition coefficient (Wildman–Crippen LogP) is 2.67. The standard InChI is InChI=1S/C15H25NO3/c17-14(16-9-4-2-1-3-5-10-16)12-7-6-8-13(11-12)15(18)19/h12-13H,1-11H2,(H,18,19). The van der Waals surface area contributed by atoms with Gasteiger partial charge in [0.1, 0.15) is 0 Å². The first kappa shape index (κ1) is 14.4. The lowest BCUT2D eigenvalue weighted by atomic mass is 9.80. The highest BCUT2D eigenvalue weighted by Crippen LogP contribution is 2.31. The molecule has 1 amide bonds. The van der Waals surface area contributed by atoms with Gasteiger partial charge in [0.15, 0.2) is 0 Å². The Kier molecular flexibility index (Phi) is 5.23. The third-order valence-electron chi connectivity index (χ3n) is 4.54. The zero-order valence-electron chi connectivity index (χ0n) is 11.6. The minimum atomic E-state index is -0.731. The average Bonchev–Trinajstić information content (AvgIpc) is 2.38. The molecule has 4 nitrogen and oxygen atoms in total. The van der Waals surface area contributed by atoms with Gasteiger partial charge < -0.3 is 10.0 Å². The third kappa shape index (κ3) is 3.95. The van der Waals surface area contributed by atoms with Gasteiger partial charge >= 0.3 is 5.97 Å². The fourth-order valence-corrected chi connectivity index (χ4v) is 3.36. The molecule has 4 heteroatoms. The Balaban J connectivity index is 1.91. The highest BCUT2D eigenvalue weighted by Gasteiger charge is 2.33. The Morgan fingerprint density at radius 3 is 2.05 bits per heavy atom. The smallest absolute Gasteiger partial charge is 0.306 e. The molecule has 108 valence electrons. The van der Waals surface area contributed by atoms with Gasteiger partial charge in [-0.2, -0.15) is 0 Å². The second kappa shape index (κ2) is 6.92. The van der Waals surface area contributed by atoms with Crippen LogP contribution in [0.4, 0.5) is 0 Å². The van der Waals surface area contributed by atoms with Gasteiger partial charge in [-0.05, 0) is 32.1 Å². The Morgan fingerprint density at radius 1 is 0.842 bits per heavy atom. The largest absolute Gasteiger partial charge is 0.481 e. The molecule has 2 unspecified atom stereocenters.